The van der Waals surface area contributed by atoms with Crippen LogP contribution in [0.25, 0.3) is 43.8 Å². The van der Waals surface area contributed by atoms with Crippen molar-refractivity contribution in [2.24, 2.45) is 0 Å². The molecule has 0 bridgehead atoms. The molecule has 25 heavy (non-hydrogen) atoms. The molecule has 1 heterocycles. The number of rotatable bonds is 2. The Morgan fingerprint density at radius 3 is 1.36 bits per heavy atom. The Morgan fingerprint density at radius 1 is 0.440 bits per heavy atom. The largest absolute Gasteiger partial charge is 0.151 e. The third-order valence-corrected chi connectivity index (χ3v) is 5.53. The molecule has 5 aromatic rings. The summed E-state index contributed by atoms with van der Waals surface area (Å²) in [6.07, 6.45) is 0. The van der Waals surface area contributed by atoms with Gasteiger partial charge in [0.15, 0.2) is 0 Å². The fraction of sp³-hybridized carbons (Fsp3) is 0. The van der Waals surface area contributed by atoms with Crippen molar-refractivity contribution in [1.82, 2.24) is 0 Å². The van der Waals surface area contributed by atoms with Gasteiger partial charge in [-0.05, 0) is 55.6 Å². The van der Waals surface area contributed by atoms with Crippen LogP contribution in [0.15, 0.2) is 95.7 Å². The van der Waals surface area contributed by atoms with Crippen LogP contribution in [0.4, 0.5) is 0 Å². The molecule has 4 aromatic carbocycles. The summed E-state index contributed by atoms with van der Waals surface area (Å²) in [7, 11) is 0. The van der Waals surface area contributed by atoms with Crippen LogP contribution in [0.5, 0.6) is 0 Å². The minimum Gasteiger partial charge on any atom is -0.151 e. The molecular weight excluding hydrogens is 320 g/mol. The van der Waals surface area contributed by atoms with E-state index in [0.29, 0.717) is 0 Å². The lowest BCUT2D eigenvalue weighted by atomic mass is 9.96. The van der Waals surface area contributed by atoms with Gasteiger partial charge in [0.2, 0.25) is 0 Å². The molecule has 0 aliphatic carbocycles. The Kier molecular flexibility index (Phi) is 3.39. The predicted octanol–water partition coefficient (Wildman–Crippen LogP) is 7.39. The Labute approximate surface area is 151 Å². The molecular formula is C24H16S. The maximum absolute atomic E-state index is 2.29. The third-order valence-electron chi connectivity index (χ3n) is 4.78. The average molecular weight is 336 g/mol. The van der Waals surface area contributed by atoms with E-state index >= 15 is 0 Å². The van der Waals surface area contributed by atoms with Gasteiger partial charge in [0.25, 0.3) is 0 Å². The Balaban J connectivity index is 1.67. The summed E-state index contributed by atoms with van der Waals surface area (Å²) in [5, 5.41) is 9.66. The summed E-state index contributed by atoms with van der Waals surface area (Å²) in [6, 6.07) is 30.6. The quantitative estimate of drug-likeness (QED) is 0.315. The molecule has 0 fully saturated rings. The molecule has 0 nitrogen and oxygen atoms in total. The summed E-state index contributed by atoms with van der Waals surface area (Å²) in [5.74, 6) is 0. The molecule has 0 unspecified atom stereocenters. The number of hydrogen-bond donors (Lipinski definition) is 0. The zero-order chi connectivity index (χ0) is 16.6. The van der Waals surface area contributed by atoms with Crippen LogP contribution in [0.2, 0.25) is 0 Å². The molecule has 0 aliphatic rings. The topological polar surface area (TPSA) is 0 Å². The van der Waals surface area contributed by atoms with Crippen molar-refractivity contribution >= 4 is 32.9 Å². The van der Waals surface area contributed by atoms with E-state index < -0.39 is 0 Å². The first-order valence-electron chi connectivity index (χ1n) is 8.43. The van der Waals surface area contributed by atoms with Crippen molar-refractivity contribution < 1.29 is 0 Å². The SMILES string of the molecule is c1ccc2cc(-c3cscc3-c3ccc4ccccc4c3)ccc2c1. The van der Waals surface area contributed by atoms with Crippen LogP contribution >= 0.6 is 11.3 Å². The van der Waals surface area contributed by atoms with Crippen LogP contribution in [-0.4, -0.2) is 0 Å². The number of benzene rings is 4. The van der Waals surface area contributed by atoms with Crippen LogP contribution in [-0.2, 0) is 0 Å². The summed E-state index contributed by atoms with van der Waals surface area (Å²) in [6.45, 7) is 0. The van der Waals surface area contributed by atoms with E-state index in [9.17, 15) is 0 Å². The van der Waals surface area contributed by atoms with Gasteiger partial charge in [-0.15, -0.1) is 0 Å². The fourth-order valence-electron chi connectivity index (χ4n) is 3.46. The van der Waals surface area contributed by atoms with Crippen LogP contribution < -0.4 is 0 Å². The van der Waals surface area contributed by atoms with E-state index in [1.54, 1.807) is 11.3 Å². The molecule has 118 valence electrons. The van der Waals surface area contributed by atoms with E-state index in [4.69, 9.17) is 0 Å². The van der Waals surface area contributed by atoms with E-state index in [2.05, 4.69) is 95.7 Å². The van der Waals surface area contributed by atoms with Crippen molar-refractivity contribution in [2.75, 3.05) is 0 Å². The zero-order valence-corrected chi connectivity index (χ0v) is 14.5. The van der Waals surface area contributed by atoms with Gasteiger partial charge in [-0.3, -0.25) is 0 Å². The second-order valence-electron chi connectivity index (χ2n) is 6.32. The van der Waals surface area contributed by atoms with Crippen LogP contribution in [0, 0.1) is 0 Å². The monoisotopic (exact) mass is 336 g/mol. The lowest BCUT2D eigenvalue weighted by Gasteiger charge is -2.08. The zero-order valence-electron chi connectivity index (χ0n) is 13.6. The molecule has 1 aromatic heterocycles. The number of thiophene rings is 1. The summed E-state index contributed by atoms with van der Waals surface area (Å²) >= 11 is 1.77. The van der Waals surface area contributed by atoms with Gasteiger partial charge in [0, 0.05) is 11.1 Å². The van der Waals surface area contributed by atoms with Gasteiger partial charge in [0.05, 0.1) is 0 Å². The van der Waals surface area contributed by atoms with Crippen molar-refractivity contribution in [3.63, 3.8) is 0 Å². The lowest BCUT2D eigenvalue weighted by molar-refractivity contribution is 1.68. The maximum atomic E-state index is 2.29. The second kappa shape index (κ2) is 5.87. The van der Waals surface area contributed by atoms with Crippen molar-refractivity contribution in [3.05, 3.63) is 95.7 Å². The van der Waals surface area contributed by atoms with Gasteiger partial charge in [-0.2, -0.15) is 11.3 Å². The van der Waals surface area contributed by atoms with E-state index in [1.165, 1.54) is 43.8 Å². The first-order valence-corrected chi connectivity index (χ1v) is 9.37. The highest BCUT2D eigenvalue weighted by Gasteiger charge is 2.10. The lowest BCUT2D eigenvalue weighted by Crippen LogP contribution is -1.82. The first kappa shape index (κ1) is 14.4. The molecule has 0 amide bonds. The van der Waals surface area contributed by atoms with Crippen molar-refractivity contribution in [1.29, 1.82) is 0 Å². The van der Waals surface area contributed by atoms with Gasteiger partial charge in [-0.25, -0.2) is 0 Å². The standard InChI is InChI=1S/C24H16S/c1-3-7-19-13-21(11-9-17(19)5-1)23-15-25-16-24(23)22-12-10-18-6-2-4-8-20(18)14-22/h1-16H. The predicted molar refractivity (Wildman–Crippen MR) is 110 cm³/mol. The fourth-order valence-corrected chi connectivity index (χ4v) is 4.32. The Hall–Kier alpha value is -2.90. The molecule has 0 N–H and O–H groups in total. The highest BCUT2D eigenvalue weighted by Crippen LogP contribution is 2.37. The molecule has 0 aliphatic heterocycles. The molecule has 0 spiro atoms. The molecule has 1 heteroatoms. The number of fused-ring (bicyclic) bond motifs is 2. The van der Waals surface area contributed by atoms with Crippen molar-refractivity contribution in [3.8, 4) is 22.3 Å². The Morgan fingerprint density at radius 2 is 0.880 bits per heavy atom. The van der Waals surface area contributed by atoms with Gasteiger partial charge >= 0.3 is 0 Å². The summed E-state index contributed by atoms with van der Waals surface area (Å²) in [4.78, 5) is 0. The van der Waals surface area contributed by atoms with E-state index in [-0.39, 0.29) is 0 Å². The molecule has 0 saturated carbocycles. The summed E-state index contributed by atoms with van der Waals surface area (Å²) in [5.41, 5.74) is 5.18. The van der Waals surface area contributed by atoms with Crippen molar-refractivity contribution in [2.45, 2.75) is 0 Å². The molecule has 0 atom stereocenters. The molecule has 0 radical (unpaired) electrons. The normalized spacial score (nSPS) is 11.2. The molecule has 5 rings (SSSR count). The highest BCUT2D eigenvalue weighted by molar-refractivity contribution is 7.08. The Bertz CT molecular complexity index is 1100. The second-order valence-corrected chi connectivity index (χ2v) is 7.07. The minimum atomic E-state index is 1.28. The third kappa shape index (κ3) is 2.54. The summed E-state index contributed by atoms with van der Waals surface area (Å²) < 4.78 is 0. The maximum Gasteiger partial charge on any atom is 0.000206 e. The van der Waals surface area contributed by atoms with E-state index in [1.807, 2.05) is 0 Å². The van der Waals surface area contributed by atoms with Crippen LogP contribution in [0.1, 0.15) is 0 Å². The van der Waals surface area contributed by atoms with Gasteiger partial charge in [-0.1, -0.05) is 72.8 Å². The highest BCUT2D eigenvalue weighted by atomic mass is 32.1. The first-order chi connectivity index (χ1) is 12.4. The average Bonchev–Trinajstić information content (AvgIpc) is 3.17. The van der Waals surface area contributed by atoms with Crippen LogP contribution in [0.3, 0.4) is 0 Å². The van der Waals surface area contributed by atoms with E-state index in [0.717, 1.165) is 0 Å². The number of hydrogen-bond acceptors (Lipinski definition) is 1. The smallest absolute Gasteiger partial charge is 0.000206 e. The molecule has 0 saturated heterocycles. The minimum absolute atomic E-state index is 1.28. The van der Waals surface area contributed by atoms with Gasteiger partial charge in [0.1, 0.15) is 0 Å². The van der Waals surface area contributed by atoms with Gasteiger partial charge < -0.3 is 0 Å².